The predicted octanol–water partition coefficient (Wildman–Crippen LogP) is 4.84. The molecule has 0 bridgehead atoms. The average molecular weight is 538 g/mol. The van der Waals surface area contributed by atoms with E-state index in [2.05, 4.69) is 43.1 Å². The first-order valence-electron chi connectivity index (χ1n) is 13.6. The summed E-state index contributed by atoms with van der Waals surface area (Å²) < 4.78 is 0. The van der Waals surface area contributed by atoms with Gasteiger partial charge in [-0.2, -0.15) is 0 Å². The van der Waals surface area contributed by atoms with Crippen LogP contribution in [0.1, 0.15) is 66.7 Å². The van der Waals surface area contributed by atoms with Crippen molar-refractivity contribution in [3.63, 3.8) is 0 Å². The van der Waals surface area contributed by atoms with Crippen molar-refractivity contribution in [1.82, 2.24) is 15.1 Å². The number of hydrogen-bond acceptors (Lipinski definition) is 5. The number of nitrogens with one attached hydrogen (secondary N) is 1. The monoisotopic (exact) mass is 539 g/mol. The molecule has 3 rings (SSSR count). The van der Waals surface area contributed by atoms with Crippen molar-refractivity contribution < 1.29 is 14.7 Å². The Balaban J connectivity index is 0.000000257. The average Bonchev–Trinajstić information content (AvgIpc) is 3.34. The minimum absolute atomic E-state index is 0.0877. The molecule has 3 aliphatic heterocycles. The van der Waals surface area contributed by atoms with Crippen molar-refractivity contribution in [1.29, 1.82) is 0 Å². The van der Waals surface area contributed by atoms with Crippen LogP contribution in [0.4, 0.5) is 0 Å². The molecule has 3 aliphatic rings. The van der Waals surface area contributed by atoms with E-state index >= 15 is 0 Å². The fourth-order valence-corrected chi connectivity index (χ4v) is 15.0. The van der Waals surface area contributed by atoms with Crippen molar-refractivity contribution >= 4 is 25.0 Å². The van der Waals surface area contributed by atoms with Crippen LogP contribution in [-0.4, -0.2) is 86.2 Å². The molecule has 1 spiro atoms. The maximum absolute atomic E-state index is 11.3. The first-order chi connectivity index (χ1) is 16.0. The van der Waals surface area contributed by atoms with Gasteiger partial charge >= 0.3 is 129 Å². The van der Waals surface area contributed by atoms with Gasteiger partial charge < -0.3 is 10.4 Å². The molecular weight excluding hydrogens is 487 g/mol. The summed E-state index contributed by atoms with van der Waals surface area (Å²) in [5.74, 6) is -0.807. The zero-order valence-corrected chi connectivity index (χ0v) is 25.1. The van der Waals surface area contributed by atoms with Crippen LogP contribution >= 0.6 is 0 Å². The number of ketones is 1. The third-order valence-corrected chi connectivity index (χ3v) is 20.9. The Kier molecular flexibility index (Phi) is 11.2. The van der Waals surface area contributed by atoms with Gasteiger partial charge in [-0.25, -0.2) is 0 Å². The van der Waals surface area contributed by atoms with Crippen molar-refractivity contribution in [3.05, 3.63) is 11.3 Å². The van der Waals surface area contributed by atoms with Crippen LogP contribution in [0.2, 0.25) is 21.0 Å². The zero-order chi connectivity index (χ0) is 25.5. The van der Waals surface area contributed by atoms with Gasteiger partial charge in [-0.1, -0.05) is 20.3 Å². The molecule has 1 amide bonds. The number of amides is 1. The third-order valence-electron chi connectivity index (χ3n) is 9.10. The van der Waals surface area contributed by atoms with Gasteiger partial charge in [0.1, 0.15) is 11.3 Å². The molecule has 6 nitrogen and oxygen atoms in total. The second kappa shape index (κ2) is 12.9. The van der Waals surface area contributed by atoms with Gasteiger partial charge in [-0.15, -0.1) is 0 Å². The van der Waals surface area contributed by atoms with Crippen LogP contribution in [0.3, 0.4) is 0 Å². The van der Waals surface area contributed by atoms with Gasteiger partial charge in [0.25, 0.3) is 5.91 Å². The van der Waals surface area contributed by atoms with Crippen molar-refractivity contribution in [2.75, 3.05) is 40.3 Å². The molecule has 2 unspecified atom stereocenters. The second-order valence-corrected chi connectivity index (χ2v) is 22.9. The first kappa shape index (κ1) is 29.4. The maximum atomic E-state index is 11.3. The summed E-state index contributed by atoms with van der Waals surface area (Å²) in [6.07, 6.45) is 6.84. The Morgan fingerprint density at radius 2 is 1.82 bits per heavy atom. The molecule has 7 heteroatoms. The Bertz CT molecular complexity index is 723. The van der Waals surface area contributed by atoms with Gasteiger partial charge in [0, 0.05) is 0 Å². The number of likely N-dealkylation sites (tertiary alicyclic amines) is 1. The summed E-state index contributed by atoms with van der Waals surface area (Å²) in [5, 5.41) is 18.8. The van der Waals surface area contributed by atoms with Crippen LogP contribution < -0.4 is 5.32 Å². The number of carbonyl (C=O) groups is 2. The quantitative estimate of drug-likeness (QED) is 0.325. The summed E-state index contributed by atoms with van der Waals surface area (Å²) in [7, 11) is 4.38. The number of hydrogen-bond donors (Lipinski definition) is 2. The number of Topliss-reactive ketones (excluding diaryl/α,β-unsaturated/α-hetero) is 1. The molecular formula is C27H51GeN3O3. The molecule has 3 heterocycles. The number of nitrogens with zero attached hydrogens (tertiary/aromatic N) is 2. The van der Waals surface area contributed by atoms with E-state index in [1.807, 2.05) is 13.8 Å². The van der Waals surface area contributed by atoms with Gasteiger partial charge in [-0.05, 0) is 12.8 Å². The number of rotatable bonds is 9. The third kappa shape index (κ3) is 7.33. The van der Waals surface area contributed by atoms with Gasteiger partial charge in [-0.3, -0.25) is 9.59 Å². The van der Waals surface area contributed by atoms with E-state index in [-0.39, 0.29) is 23.0 Å². The molecule has 0 radical (unpaired) electrons. The van der Waals surface area contributed by atoms with Crippen LogP contribution in [0.5, 0.6) is 0 Å². The normalized spacial score (nSPS) is 24.8. The molecule has 34 heavy (non-hydrogen) atoms. The molecule has 0 aromatic heterocycles. The minimum atomic E-state index is -1.34. The predicted molar refractivity (Wildman–Crippen MR) is 144 cm³/mol. The summed E-state index contributed by atoms with van der Waals surface area (Å²) in [4.78, 5) is 27.4. The number of aliphatic hydroxyl groups excluding tert-OH is 1. The first-order valence-corrected chi connectivity index (χ1v) is 19.6. The summed E-state index contributed by atoms with van der Waals surface area (Å²) in [5.41, 5.74) is 0.660. The van der Waals surface area contributed by atoms with Gasteiger partial charge in [0.05, 0.1) is 6.04 Å². The van der Waals surface area contributed by atoms with Crippen LogP contribution in [0.25, 0.3) is 0 Å². The van der Waals surface area contributed by atoms with Gasteiger partial charge in [0.2, 0.25) is 0 Å². The van der Waals surface area contributed by atoms with Crippen molar-refractivity contribution in [2.24, 2.45) is 11.3 Å². The van der Waals surface area contributed by atoms with E-state index in [0.717, 1.165) is 11.8 Å². The van der Waals surface area contributed by atoms with Crippen LogP contribution in [0.15, 0.2) is 11.3 Å². The van der Waals surface area contributed by atoms with E-state index in [1.54, 1.807) is 33.9 Å². The standard InChI is InChI=1S/C17H36GeN2.C10H15NO3/c1-5-18(6-2)11-8-17(9-12-18)10-15-20(16-17)14-7-13-19(3)4;1-4-5(2)8-9(13)7(6(3)12)10(14)11-8/h5-16H2,1-4H3;5,8,13H,4H2,1-3H3,(H,11,14). The van der Waals surface area contributed by atoms with E-state index < -0.39 is 25.2 Å². The topological polar surface area (TPSA) is 72.9 Å². The van der Waals surface area contributed by atoms with E-state index in [9.17, 15) is 14.7 Å². The molecule has 0 aromatic carbocycles. The number of carbonyl (C=O) groups excluding carboxylic acids is 2. The Morgan fingerprint density at radius 1 is 1.21 bits per heavy atom. The number of aliphatic hydroxyl groups is 1. The Hall–Kier alpha value is -0.857. The van der Waals surface area contributed by atoms with Crippen molar-refractivity contribution in [3.8, 4) is 0 Å². The molecule has 0 aromatic rings. The fourth-order valence-electron chi connectivity index (χ4n) is 6.05. The Labute approximate surface area is 211 Å². The summed E-state index contributed by atoms with van der Waals surface area (Å²) in [6.45, 7) is 15.5. The van der Waals surface area contributed by atoms with E-state index in [4.69, 9.17) is 0 Å². The summed E-state index contributed by atoms with van der Waals surface area (Å²) in [6, 6.07) is -0.397. The SMILES string of the molecule is CCC(C)C1NC(=O)C(C(C)=O)=C1O.C[CH2][Ge]1([CH2]C)[CH2]CC2(CCN(CCCN(C)C)C2)C[CH2]1. The van der Waals surface area contributed by atoms with Gasteiger partial charge in [0.15, 0.2) is 5.78 Å². The zero-order valence-electron chi connectivity index (χ0n) is 23.0. The molecule has 2 N–H and O–H groups in total. The fraction of sp³-hybridized carbons (Fsp3) is 0.852. The van der Waals surface area contributed by atoms with E-state index in [0.29, 0.717) is 0 Å². The molecule has 0 aliphatic carbocycles. The Morgan fingerprint density at radius 3 is 2.29 bits per heavy atom. The van der Waals surface area contributed by atoms with E-state index in [1.165, 1.54) is 45.9 Å². The summed E-state index contributed by atoms with van der Waals surface area (Å²) >= 11 is -1.34. The second-order valence-electron chi connectivity index (χ2n) is 11.5. The molecule has 2 fully saturated rings. The van der Waals surface area contributed by atoms with Crippen LogP contribution in [0, 0.1) is 11.3 Å². The molecule has 196 valence electrons. The molecule has 2 atom stereocenters. The van der Waals surface area contributed by atoms with Crippen molar-refractivity contribution in [2.45, 2.75) is 93.8 Å². The van der Waals surface area contributed by atoms with Crippen LogP contribution in [-0.2, 0) is 9.59 Å². The molecule has 0 saturated carbocycles. The molecule has 2 saturated heterocycles.